The first-order valence-corrected chi connectivity index (χ1v) is 7.44. The normalized spacial score (nSPS) is 20.6. The SMILES string of the molecule is CCN1CCC[C@@H]1CNC(=O)[C@H](C)Oc1ccccc1. The van der Waals surface area contributed by atoms with Gasteiger partial charge in [-0.25, -0.2) is 0 Å². The van der Waals surface area contributed by atoms with Crippen molar-refractivity contribution in [3.8, 4) is 5.75 Å². The van der Waals surface area contributed by atoms with E-state index in [4.69, 9.17) is 4.74 Å². The molecule has 1 aliphatic rings. The number of ether oxygens (including phenoxy) is 1. The summed E-state index contributed by atoms with van der Waals surface area (Å²) in [5.74, 6) is 0.683. The fourth-order valence-corrected chi connectivity index (χ4v) is 2.66. The fraction of sp³-hybridized carbons (Fsp3) is 0.562. The minimum atomic E-state index is -0.464. The molecule has 0 saturated carbocycles. The van der Waals surface area contributed by atoms with Gasteiger partial charge < -0.3 is 10.1 Å². The fourth-order valence-electron chi connectivity index (χ4n) is 2.66. The summed E-state index contributed by atoms with van der Waals surface area (Å²) in [5, 5.41) is 3.00. The third-order valence-corrected chi connectivity index (χ3v) is 3.84. The van der Waals surface area contributed by atoms with Crippen molar-refractivity contribution in [1.82, 2.24) is 10.2 Å². The van der Waals surface area contributed by atoms with Gasteiger partial charge in [0, 0.05) is 12.6 Å². The zero-order valence-corrected chi connectivity index (χ0v) is 12.3. The number of carbonyl (C=O) groups is 1. The summed E-state index contributed by atoms with van der Waals surface area (Å²) in [6.07, 6.45) is 1.93. The van der Waals surface area contributed by atoms with Crippen LogP contribution in [0.2, 0.25) is 0 Å². The van der Waals surface area contributed by atoms with Crippen molar-refractivity contribution in [2.24, 2.45) is 0 Å². The molecule has 0 aliphatic carbocycles. The summed E-state index contributed by atoms with van der Waals surface area (Å²) in [7, 11) is 0. The van der Waals surface area contributed by atoms with Crippen LogP contribution in [0.1, 0.15) is 26.7 Å². The van der Waals surface area contributed by atoms with Crippen LogP contribution >= 0.6 is 0 Å². The van der Waals surface area contributed by atoms with Gasteiger partial charge in [0.05, 0.1) is 0 Å². The van der Waals surface area contributed by atoms with Crippen molar-refractivity contribution in [3.05, 3.63) is 30.3 Å². The van der Waals surface area contributed by atoms with Crippen molar-refractivity contribution < 1.29 is 9.53 Å². The minimum absolute atomic E-state index is 0.0446. The molecule has 0 radical (unpaired) electrons. The Labute approximate surface area is 121 Å². The second kappa shape index (κ2) is 7.29. The molecule has 1 fully saturated rings. The molecule has 110 valence electrons. The van der Waals surface area contributed by atoms with Crippen molar-refractivity contribution in [1.29, 1.82) is 0 Å². The highest BCUT2D eigenvalue weighted by Gasteiger charge is 2.24. The van der Waals surface area contributed by atoms with Crippen molar-refractivity contribution in [3.63, 3.8) is 0 Å². The average Bonchev–Trinajstić information content (AvgIpc) is 2.93. The van der Waals surface area contributed by atoms with Crippen LogP contribution in [0.5, 0.6) is 5.75 Å². The number of likely N-dealkylation sites (N-methyl/N-ethyl adjacent to an activating group) is 1. The van der Waals surface area contributed by atoms with Gasteiger partial charge in [-0.05, 0) is 45.0 Å². The topological polar surface area (TPSA) is 41.6 Å². The van der Waals surface area contributed by atoms with E-state index in [0.29, 0.717) is 6.04 Å². The zero-order chi connectivity index (χ0) is 14.4. The van der Waals surface area contributed by atoms with Gasteiger partial charge in [0.25, 0.3) is 5.91 Å². The molecule has 1 saturated heterocycles. The summed E-state index contributed by atoms with van der Waals surface area (Å²) in [6.45, 7) is 6.87. The number of para-hydroxylation sites is 1. The highest BCUT2D eigenvalue weighted by atomic mass is 16.5. The summed E-state index contributed by atoms with van der Waals surface area (Å²) < 4.78 is 5.62. The quantitative estimate of drug-likeness (QED) is 0.864. The Hall–Kier alpha value is -1.55. The van der Waals surface area contributed by atoms with Gasteiger partial charge in [-0.2, -0.15) is 0 Å². The molecular formula is C16H24N2O2. The Kier molecular flexibility index (Phi) is 5.41. The maximum absolute atomic E-state index is 12.0. The average molecular weight is 276 g/mol. The summed E-state index contributed by atoms with van der Waals surface area (Å²) >= 11 is 0. The molecule has 2 atom stereocenters. The van der Waals surface area contributed by atoms with E-state index >= 15 is 0 Å². The van der Waals surface area contributed by atoms with E-state index in [1.807, 2.05) is 30.3 Å². The van der Waals surface area contributed by atoms with Crippen LogP contribution in [0.4, 0.5) is 0 Å². The van der Waals surface area contributed by atoms with Crippen LogP contribution in [-0.2, 0) is 4.79 Å². The van der Waals surface area contributed by atoms with Crippen LogP contribution in [-0.4, -0.2) is 42.6 Å². The summed E-state index contributed by atoms with van der Waals surface area (Å²) in [6, 6.07) is 9.93. The lowest BCUT2D eigenvalue weighted by molar-refractivity contribution is -0.127. The van der Waals surface area contributed by atoms with E-state index in [9.17, 15) is 4.79 Å². The standard InChI is InChI=1S/C16H24N2O2/c1-3-18-11-7-8-14(18)12-17-16(19)13(2)20-15-9-5-4-6-10-15/h4-6,9-10,13-14H,3,7-8,11-12H2,1-2H3,(H,17,19)/t13-,14+/m0/s1. The minimum Gasteiger partial charge on any atom is -0.481 e. The number of hydrogen-bond donors (Lipinski definition) is 1. The Bertz CT molecular complexity index is 422. The molecule has 4 nitrogen and oxygen atoms in total. The molecule has 0 bridgehead atoms. The molecule has 20 heavy (non-hydrogen) atoms. The Morgan fingerprint density at radius 1 is 1.45 bits per heavy atom. The maximum atomic E-state index is 12.0. The molecule has 1 aromatic rings. The molecule has 0 unspecified atom stereocenters. The molecule has 1 heterocycles. The number of likely N-dealkylation sites (tertiary alicyclic amines) is 1. The first-order valence-electron chi connectivity index (χ1n) is 7.44. The number of rotatable bonds is 6. The lowest BCUT2D eigenvalue weighted by Gasteiger charge is -2.23. The van der Waals surface area contributed by atoms with Crippen molar-refractivity contribution >= 4 is 5.91 Å². The number of amides is 1. The molecule has 2 rings (SSSR count). The van der Waals surface area contributed by atoms with E-state index in [1.54, 1.807) is 6.92 Å². The monoisotopic (exact) mass is 276 g/mol. The smallest absolute Gasteiger partial charge is 0.260 e. The van der Waals surface area contributed by atoms with Crippen LogP contribution in [0.3, 0.4) is 0 Å². The van der Waals surface area contributed by atoms with Gasteiger partial charge in [0.1, 0.15) is 5.75 Å². The highest BCUT2D eigenvalue weighted by molar-refractivity contribution is 5.80. The van der Waals surface area contributed by atoms with Crippen LogP contribution < -0.4 is 10.1 Å². The second-order valence-electron chi connectivity index (χ2n) is 5.24. The lowest BCUT2D eigenvalue weighted by atomic mass is 10.2. The number of carbonyl (C=O) groups excluding carboxylic acids is 1. The molecule has 1 aliphatic heterocycles. The molecule has 0 spiro atoms. The third kappa shape index (κ3) is 3.97. The summed E-state index contributed by atoms with van der Waals surface area (Å²) in [4.78, 5) is 14.5. The third-order valence-electron chi connectivity index (χ3n) is 3.84. The first-order chi connectivity index (χ1) is 9.70. The van der Waals surface area contributed by atoms with Gasteiger partial charge in [-0.15, -0.1) is 0 Å². The van der Waals surface area contributed by atoms with E-state index in [-0.39, 0.29) is 5.91 Å². The molecular weight excluding hydrogens is 252 g/mol. The number of nitrogens with zero attached hydrogens (tertiary/aromatic N) is 1. The van der Waals surface area contributed by atoms with Gasteiger partial charge in [0.15, 0.2) is 6.10 Å². The second-order valence-corrected chi connectivity index (χ2v) is 5.24. The molecule has 4 heteroatoms. The van der Waals surface area contributed by atoms with E-state index in [1.165, 1.54) is 12.8 Å². The van der Waals surface area contributed by atoms with Crippen LogP contribution in [0.15, 0.2) is 30.3 Å². The summed E-state index contributed by atoms with van der Waals surface area (Å²) in [5.41, 5.74) is 0. The largest absolute Gasteiger partial charge is 0.481 e. The predicted molar refractivity (Wildman–Crippen MR) is 79.8 cm³/mol. The highest BCUT2D eigenvalue weighted by Crippen LogP contribution is 2.16. The van der Waals surface area contributed by atoms with E-state index < -0.39 is 6.10 Å². The molecule has 1 amide bonds. The molecule has 1 aromatic carbocycles. The number of nitrogens with one attached hydrogen (secondary N) is 1. The zero-order valence-electron chi connectivity index (χ0n) is 12.3. The van der Waals surface area contributed by atoms with Crippen molar-refractivity contribution in [2.45, 2.75) is 38.8 Å². The van der Waals surface area contributed by atoms with Crippen molar-refractivity contribution in [2.75, 3.05) is 19.6 Å². The predicted octanol–water partition coefficient (Wildman–Crippen LogP) is 2.05. The lowest BCUT2D eigenvalue weighted by Crippen LogP contribution is -2.44. The molecule has 0 aromatic heterocycles. The van der Waals surface area contributed by atoms with E-state index in [2.05, 4.69) is 17.1 Å². The van der Waals surface area contributed by atoms with Gasteiger partial charge in [0.2, 0.25) is 0 Å². The number of benzene rings is 1. The maximum Gasteiger partial charge on any atom is 0.260 e. The van der Waals surface area contributed by atoms with Crippen LogP contribution in [0.25, 0.3) is 0 Å². The van der Waals surface area contributed by atoms with Gasteiger partial charge in [-0.1, -0.05) is 25.1 Å². The number of hydrogen-bond acceptors (Lipinski definition) is 3. The first kappa shape index (κ1) is 14.9. The molecule has 1 N–H and O–H groups in total. The van der Waals surface area contributed by atoms with Gasteiger partial charge >= 0.3 is 0 Å². The van der Waals surface area contributed by atoms with E-state index in [0.717, 1.165) is 25.4 Å². The Balaban J connectivity index is 1.77. The van der Waals surface area contributed by atoms with Gasteiger partial charge in [-0.3, -0.25) is 9.69 Å². The van der Waals surface area contributed by atoms with Crippen LogP contribution in [0, 0.1) is 0 Å². The Morgan fingerprint density at radius 2 is 2.20 bits per heavy atom. The Morgan fingerprint density at radius 3 is 2.90 bits per heavy atom.